The van der Waals surface area contributed by atoms with Crippen molar-refractivity contribution < 1.29 is 28.8 Å². The third-order valence-electron chi connectivity index (χ3n) is 9.40. The molecule has 0 radical (unpaired) electrons. The molecule has 1 saturated heterocycles. The number of hydrogen-bond acceptors (Lipinski definition) is 6. The lowest BCUT2D eigenvalue weighted by atomic mass is 9.93. The van der Waals surface area contributed by atoms with E-state index in [2.05, 4.69) is 31.9 Å². The van der Waals surface area contributed by atoms with Gasteiger partial charge in [0.2, 0.25) is 35.4 Å². The van der Waals surface area contributed by atoms with Crippen molar-refractivity contribution in [3.63, 3.8) is 0 Å². The molecular weight excluding hydrogens is 612 g/mol. The lowest BCUT2D eigenvalue weighted by Crippen LogP contribution is -2.63. The lowest BCUT2D eigenvalue weighted by molar-refractivity contribution is -0.138. The monoisotopic (exact) mass is 679 g/mol. The average molecular weight is 679 g/mol. The molecule has 6 amide bonds. The summed E-state index contributed by atoms with van der Waals surface area (Å²) in [6.07, 6.45) is 2.60. The molecule has 0 aliphatic carbocycles. The van der Waals surface area contributed by atoms with Gasteiger partial charge in [-0.3, -0.25) is 28.8 Å². The zero-order chi connectivity index (χ0) is 36.9. The van der Waals surface area contributed by atoms with E-state index in [0.29, 0.717) is 38.5 Å². The van der Waals surface area contributed by atoms with Gasteiger partial charge in [0.05, 0.1) is 0 Å². The maximum Gasteiger partial charge on any atom is 0.243 e. The van der Waals surface area contributed by atoms with Gasteiger partial charge in [-0.05, 0) is 54.8 Å². The zero-order valence-corrected chi connectivity index (χ0v) is 31.6. The van der Waals surface area contributed by atoms with Gasteiger partial charge in [0, 0.05) is 0 Å². The molecule has 1 aliphatic rings. The predicted octanol–water partition coefficient (Wildman–Crippen LogP) is 3.19. The first-order valence-electron chi connectivity index (χ1n) is 18.2. The molecule has 12 heteroatoms. The Balaban J connectivity index is 3.84. The normalized spacial score (nSPS) is 27.6. The first kappa shape index (κ1) is 42.8. The minimum absolute atomic E-state index is 0.0225. The largest absolute Gasteiger partial charge is 0.343 e. The van der Waals surface area contributed by atoms with Crippen molar-refractivity contribution in [2.24, 2.45) is 35.5 Å². The van der Waals surface area contributed by atoms with Crippen molar-refractivity contribution in [1.82, 2.24) is 31.9 Å². The molecule has 0 bridgehead atoms. The van der Waals surface area contributed by atoms with Crippen LogP contribution in [0.1, 0.15) is 122 Å². The van der Waals surface area contributed by atoms with E-state index in [1.807, 2.05) is 83.1 Å². The van der Waals surface area contributed by atoms with Crippen LogP contribution in [-0.4, -0.2) is 71.7 Å². The third-order valence-corrected chi connectivity index (χ3v) is 9.40. The highest BCUT2D eigenvalue weighted by molar-refractivity contribution is 5.98. The molecule has 1 rings (SSSR count). The molecular formula is C36H66N6O6. The fourth-order valence-electron chi connectivity index (χ4n) is 5.76. The quantitative estimate of drug-likeness (QED) is 0.185. The summed E-state index contributed by atoms with van der Waals surface area (Å²) in [6.45, 7) is 22.8. The first-order valence-corrected chi connectivity index (χ1v) is 18.2. The van der Waals surface area contributed by atoms with E-state index < -0.39 is 71.7 Å². The fraction of sp³-hybridized carbons (Fsp3) is 0.833. The summed E-state index contributed by atoms with van der Waals surface area (Å²) in [5.74, 6) is -3.89. The molecule has 0 aromatic rings. The van der Waals surface area contributed by atoms with Crippen LogP contribution < -0.4 is 31.9 Å². The first-order chi connectivity index (χ1) is 22.4. The van der Waals surface area contributed by atoms with Gasteiger partial charge in [0.15, 0.2) is 0 Å². The van der Waals surface area contributed by atoms with Gasteiger partial charge in [-0.1, -0.05) is 102 Å². The predicted molar refractivity (Wildman–Crippen MR) is 188 cm³/mol. The number of hydrogen-bond donors (Lipinski definition) is 6. The summed E-state index contributed by atoms with van der Waals surface area (Å²) in [7, 11) is 0. The highest BCUT2D eigenvalue weighted by atomic mass is 16.2. The zero-order valence-electron chi connectivity index (χ0n) is 31.6. The molecule has 0 aromatic carbocycles. The van der Waals surface area contributed by atoms with Gasteiger partial charge in [0.1, 0.15) is 36.3 Å². The van der Waals surface area contributed by atoms with Crippen molar-refractivity contribution in [2.75, 3.05) is 0 Å². The molecule has 0 spiro atoms. The van der Waals surface area contributed by atoms with Crippen molar-refractivity contribution in [3.8, 4) is 0 Å². The molecule has 9 atom stereocenters. The Morgan fingerprint density at radius 3 is 0.833 bits per heavy atom. The maximum atomic E-state index is 13.9. The highest BCUT2D eigenvalue weighted by Crippen LogP contribution is 2.17. The molecule has 1 fully saturated rings. The molecule has 0 saturated carbocycles. The van der Waals surface area contributed by atoms with E-state index in [1.165, 1.54) is 0 Å². The summed E-state index contributed by atoms with van der Waals surface area (Å²) in [6, 6.07) is -5.87. The summed E-state index contributed by atoms with van der Waals surface area (Å²) < 4.78 is 0. The second kappa shape index (κ2) is 20.4. The second-order valence-corrected chi connectivity index (χ2v) is 15.2. The van der Waals surface area contributed by atoms with Crippen LogP contribution in [0.4, 0.5) is 0 Å². The molecule has 1 heterocycles. The Hall–Kier alpha value is -3.18. The molecule has 6 N–H and O–H groups in total. The smallest absolute Gasteiger partial charge is 0.243 e. The Morgan fingerprint density at radius 1 is 0.375 bits per heavy atom. The van der Waals surface area contributed by atoms with Crippen molar-refractivity contribution in [1.29, 1.82) is 0 Å². The molecule has 9 unspecified atom stereocenters. The van der Waals surface area contributed by atoms with Crippen molar-refractivity contribution >= 4 is 35.4 Å². The Kier molecular flexibility index (Phi) is 18.2. The van der Waals surface area contributed by atoms with E-state index >= 15 is 0 Å². The SMILES string of the molecule is CCC(C)C1NC(=O)C(CC(C)C)NC(=O)C(CC(C)C)NC(=O)C(C(C)CC)NC(=O)C(C(C)CC)NC(=O)C(CC(C)C)NC1=O. The molecule has 276 valence electrons. The van der Waals surface area contributed by atoms with Crippen molar-refractivity contribution in [2.45, 2.75) is 158 Å². The van der Waals surface area contributed by atoms with Gasteiger partial charge in [-0.25, -0.2) is 0 Å². The average Bonchev–Trinajstić information content (AvgIpc) is 3.01. The fourth-order valence-corrected chi connectivity index (χ4v) is 5.76. The van der Waals surface area contributed by atoms with Crippen LogP contribution in [0.5, 0.6) is 0 Å². The van der Waals surface area contributed by atoms with Crippen LogP contribution in [0, 0.1) is 35.5 Å². The summed E-state index contributed by atoms with van der Waals surface area (Å²) in [4.78, 5) is 83.1. The van der Waals surface area contributed by atoms with E-state index in [1.54, 1.807) is 0 Å². The van der Waals surface area contributed by atoms with E-state index in [4.69, 9.17) is 0 Å². The maximum absolute atomic E-state index is 13.9. The van der Waals surface area contributed by atoms with E-state index in [9.17, 15) is 28.8 Å². The van der Waals surface area contributed by atoms with Crippen LogP contribution in [0.25, 0.3) is 0 Å². The Morgan fingerprint density at radius 2 is 0.583 bits per heavy atom. The number of carbonyl (C=O) groups is 6. The second-order valence-electron chi connectivity index (χ2n) is 15.2. The summed E-state index contributed by atoms with van der Waals surface area (Å²) >= 11 is 0. The van der Waals surface area contributed by atoms with Crippen LogP contribution in [0.2, 0.25) is 0 Å². The van der Waals surface area contributed by atoms with E-state index in [-0.39, 0.29) is 35.5 Å². The van der Waals surface area contributed by atoms with Crippen LogP contribution in [-0.2, 0) is 28.8 Å². The summed E-state index contributed by atoms with van der Waals surface area (Å²) in [5, 5.41) is 17.2. The van der Waals surface area contributed by atoms with Gasteiger partial charge in [-0.2, -0.15) is 0 Å². The highest BCUT2D eigenvalue weighted by Gasteiger charge is 2.38. The van der Waals surface area contributed by atoms with Gasteiger partial charge < -0.3 is 31.9 Å². The standard InChI is InChI=1S/C36H66N6O6/c1-13-22(10)28-34(46)39-27(18-21(8)9)33(45)41-30(24(12)15-3)36(48)42-29(23(11)14-2)35(47)38-25(16-19(4)5)31(43)37-26(17-20(6)7)32(44)40-28/h19-30H,13-18H2,1-12H3,(H,37,43)(H,38,47)(H,39,46)(H,40,44)(H,41,45)(H,42,48). The van der Waals surface area contributed by atoms with E-state index in [0.717, 1.165) is 0 Å². The minimum Gasteiger partial charge on any atom is -0.343 e. The molecule has 48 heavy (non-hydrogen) atoms. The molecule has 12 nitrogen and oxygen atoms in total. The lowest BCUT2D eigenvalue weighted by Gasteiger charge is -2.33. The van der Waals surface area contributed by atoms with Crippen LogP contribution >= 0.6 is 0 Å². The number of carbonyl (C=O) groups excluding carboxylic acids is 6. The number of rotatable bonds is 12. The van der Waals surface area contributed by atoms with Crippen molar-refractivity contribution in [3.05, 3.63) is 0 Å². The molecule has 0 aromatic heterocycles. The van der Waals surface area contributed by atoms with Gasteiger partial charge in [0.25, 0.3) is 0 Å². The Labute approximate surface area is 289 Å². The Bertz CT molecular complexity index is 1090. The van der Waals surface area contributed by atoms with Gasteiger partial charge in [-0.15, -0.1) is 0 Å². The minimum atomic E-state index is -0.982. The number of amides is 6. The third kappa shape index (κ3) is 13.4. The van der Waals surface area contributed by atoms with Crippen LogP contribution in [0.15, 0.2) is 0 Å². The summed E-state index contributed by atoms with van der Waals surface area (Å²) in [5.41, 5.74) is 0. The van der Waals surface area contributed by atoms with Gasteiger partial charge >= 0.3 is 0 Å². The topological polar surface area (TPSA) is 175 Å². The van der Waals surface area contributed by atoms with Crippen LogP contribution in [0.3, 0.4) is 0 Å². The number of nitrogens with one attached hydrogen (secondary N) is 6. The molecule has 1 aliphatic heterocycles.